The molecule has 18 heavy (non-hydrogen) atoms. The maximum absolute atomic E-state index is 13.0. The summed E-state index contributed by atoms with van der Waals surface area (Å²) >= 11 is 0. The molecule has 1 radical (unpaired) electrons. The van der Waals surface area contributed by atoms with Crippen LogP contribution in [0.15, 0.2) is 54.6 Å². The molecule has 93 valence electrons. The third kappa shape index (κ3) is 3.10. The van der Waals surface area contributed by atoms with Crippen LogP contribution in [-0.4, -0.2) is 6.61 Å². The second kappa shape index (κ2) is 5.99. The lowest BCUT2D eigenvalue weighted by Crippen LogP contribution is -2.09. The summed E-state index contributed by atoms with van der Waals surface area (Å²) in [6.45, 7) is 2.32. The van der Waals surface area contributed by atoms with Crippen molar-refractivity contribution in [2.75, 3.05) is 6.61 Å². The summed E-state index contributed by atoms with van der Waals surface area (Å²) in [4.78, 5) is 0. The molecule has 0 aromatic heterocycles. The fourth-order valence-electron chi connectivity index (χ4n) is 1.84. The van der Waals surface area contributed by atoms with Gasteiger partial charge in [0, 0.05) is 5.30 Å². The highest BCUT2D eigenvalue weighted by Crippen LogP contribution is 2.48. The van der Waals surface area contributed by atoms with Crippen LogP contribution in [0.1, 0.15) is 12.5 Å². The lowest BCUT2D eigenvalue weighted by Gasteiger charge is -2.18. The summed E-state index contributed by atoms with van der Waals surface area (Å²) in [6, 6.07) is 19.9. The molecule has 1 unspecified atom stereocenters. The predicted molar refractivity (Wildman–Crippen MR) is 74.3 cm³/mol. The van der Waals surface area contributed by atoms with Crippen molar-refractivity contribution in [2.45, 2.75) is 13.1 Å². The molecule has 0 saturated heterocycles. The first-order valence-electron chi connectivity index (χ1n) is 5.99. The van der Waals surface area contributed by atoms with Crippen LogP contribution in [0.3, 0.4) is 0 Å². The van der Waals surface area contributed by atoms with E-state index in [-0.39, 0.29) is 0 Å². The van der Waals surface area contributed by atoms with Crippen molar-refractivity contribution in [1.29, 1.82) is 0 Å². The van der Waals surface area contributed by atoms with Crippen molar-refractivity contribution in [3.8, 4) is 0 Å². The van der Waals surface area contributed by atoms with E-state index in [1.807, 2.05) is 61.5 Å². The van der Waals surface area contributed by atoms with E-state index in [4.69, 9.17) is 4.52 Å². The molecule has 0 fully saturated rings. The van der Waals surface area contributed by atoms with Gasteiger partial charge in [-0.2, -0.15) is 0 Å². The number of hydrogen-bond donors (Lipinski definition) is 0. The van der Waals surface area contributed by atoms with E-state index in [0.717, 1.165) is 10.9 Å². The van der Waals surface area contributed by atoms with Gasteiger partial charge in [-0.25, -0.2) is 0 Å². The summed E-state index contributed by atoms with van der Waals surface area (Å²) in [5.41, 5.74) is 1.01. The normalized spacial score (nSPS) is 14.1. The van der Waals surface area contributed by atoms with Gasteiger partial charge in [0.2, 0.25) is 7.37 Å². The van der Waals surface area contributed by atoms with Gasteiger partial charge in [0.15, 0.2) is 0 Å². The first-order chi connectivity index (χ1) is 8.74. The fraction of sp³-hybridized carbons (Fsp3) is 0.200. The molecular weight excluding hydrogens is 243 g/mol. The summed E-state index contributed by atoms with van der Waals surface area (Å²) in [7, 11) is -2.81. The Hall–Kier alpha value is -1.37. The molecule has 0 aliphatic heterocycles. The zero-order chi connectivity index (χ0) is 12.8. The Morgan fingerprint density at radius 1 is 1.11 bits per heavy atom. The first-order valence-corrected chi connectivity index (χ1v) is 7.80. The van der Waals surface area contributed by atoms with E-state index in [0.29, 0.717) is 12.8 Å². The molecule has 0 bridgehead atoms. The van der Waals surface area contributed by atoms with Gasteiger partial charge < -0.3 is 4.52 Å². The molecule has 0 aliphatic carbocycles. The molecule has 0 N–H and O–H groups in total. The van der Waals surface area contributed by atoms with E-state index in [1.165, 1.54) is 0 Å². The standard InChI is InChI=1S/C15H16O2P/c1-2-17-18(16,15-11-7-4-8-12-15)13-14-9-5-3-6-10-14/h4-12H,2,13H2,1H3. The van der Waals surface area contributed by atoms with Crippen LogP contribution in [0.2, 0.25) is 0 Å². The molecule has 2 rings (SSSR count). The maximum Gasteiger partial charge on any atom is 0.236 e. The van der Waals surface area contributed by atoms with Crippen LogP contribution >= 0.6 is 7.37 Å². The maximum atomic E-state index is 13.0. The zero-order valence-electron chi connectivity index (χ0n) is 10.4. The lowest BCUT2D eigenvalue weighted by molar-refractivity contribution is 0.340. The lowest BCUT2D eigenvalue weighted by atomic mass is 10.2. The third-order valence-electron chi connectivity index (χ3n) is 2.67. The Kier molecular flexibility index (Phi) is 4.35. The Bertz CT molecular complexity index is 523. The number of benzene rings is 2. The minimum Gasteiger partial charge on any atom is -0.325 e. The van der Waals surface area contributed by atoms with Gasteiger partial charge in [-0.3, -0.25) is 4.57 Å². The summed E-state index contributed by atoms with van der Waals surface area (Å²) in [5.74, 6) is 0. The highest BCUT2D eigenvalue weighted by molar-refractivity contribution is 7.66. The van der Waals surface area contributed by atoms with E-state index in [1.54, 1.807) is 0 Å². The Morgan fingerprint density at radius 3 is 2.39 bits per heavy atom. The molecule has 0 saturated carbocycles. The topological polar surface area (TPSA) is 26.3 Å². The highest BCUT2D eigenvalue weighted by atomic mass is 31.2. The monoisotopic (exact) mass is 259 g/mol. The van der Waals surface area contributed by atoms with Gasteiger partial charge in [-0.1, -0.05) is 42.5 Å². The van der Waals surface area contributed by atoms with Crippen LogP contribution < -0.4 is 5.30 Å². The molecule has 0 amide bonds. The molecule has 1 atom stereocenters. The zero-order valence-corrected chi connectivity index (χ0v) is 11.3. The molecular formula is C15H16O2P. The molecule has 2 nitrogen and oxygen atoms in total. The predicted octanol–water partition coefficient (Wildman–Crippen LogP) is 3.63. The van der Waals surface area contributed by atoms with Crippen molar-refractivity contribution >= 4 is 12.7 Å². The number of rotatable bonds is 5. The second-order valence-corrected chi connectivity index (χ2v) is 6.43. The quantitative estimate of drug-likeness (QED) is 0.766. The van der Waals surface area contributed by atoms with Crippen molar-refractivity contribution in [1.82, 2.24) is 0 Å². The van der Waals surface area contributed by atoms with Crippen molar-refractivity contribution in [3.05, 3.63) is 66.2 Å². The molecule has 0 aliphatic rings. The minimum absolute atomic E-state index is 0.430. The van der Waals surface area contributed by atoms with E-state index in [2.05, 4.69) is 6.07 Å². The van der Waals surface area contributed by atoms with Crippen LogP contribution in [0.25, 0.3) is 0 Å². The smallest absolute Gasteiger partial charge is 0.236 e. The van der Waals surface area contributed by atoms with Crippen LogP contribution in [0, 0.1) is 6.07 Å². The van der Waals surface area contributed by atoms with Crippen molar-refractivity contribution < 1.29 is 9.09 Å². The number of hydrogen-bond acceptors (Lipinski definition) is 2. The van der Waals surface area contributed by atoms with Gasteiger partial charge in [0.25, 0.3) is 0 Å². The van der Waals surface area contributed by atoms with Gasteiger partial charge in [0.1, 0.15) is 0 Å². The summed E-state index contributed by atoms with van der Waals surface area (Å²) < 4.78 is 18.5. The average Bonchev–Trinajstić information content (AvgIpc) is 2.41. The van der Waals surface area contributed by atoms with Gasteiger partial charge in [-0.05, 0) is 30.7 Å². The van der Waals surface area contributed by atoms with Gasteiger partial charge in [0.05, 0.1) is 12.8 Å². The Balaban J connectivity index is 2.31. The van der Waals surface area contributed by atoms with Gasteiger partial charge >= 0.3 is 0 Å². The molecule has 0 spiro atoms. The van der Waals surface area contributed by atoms with Gasteiger partial charge in [-0.15, -0.1) is 0 Å². The Morgan fingerprint density at radius 2 is 1.78 bits per heavy atom. The van der Waals surface area contributed by atoms with Crippen molar-refractivity contribution in [3.63, 3.8) is 0 Å². The molecule has 2 aromatic carbocycles. The molecule has 2 aromatic rings. The van der Waals surface area contributed by atoms with Crippen LogP contribution in [0.5, 0.6) is 0 Å². The van der Waals surface area contributed by atoms with E-state index < -0.39 is 7.37 Å². The van der Waals surface area contributed by atoms with Crippen LogP contribution in [-0.2, 0) is 15.3 Å². The first kappa shape index (κ1) is 13.1. The second-order valence-electron chi connectivity index (χ2n) is 3.99. The average molecular weight is 259 g/mol. The minimum atomic E-state index is -2.81. The largest absolute Gasteiger partial charge is 0.325 e. The molecule has 0 heterocycles. The van der Waals surface area contributed by atoms with E-state index in [9.17, 15) is 4.57 Å². The molecule has 3 heteroatoms. The summed E-state index contributed by atoms with van der Waals surface area (Å²) in [6.07, 6.45) is 0.430. The third-order valence-corrected chi connectivity index (χ3v) is 5.21. The van der Waals surface area contributed by atoms with E-state index >= 15 is 0 Å². The summed E-state index contributed by atoms with van der Waals surface area (Å²) in [5, 5.41) is 0.777. The Labute approximate surface area is 108 Å². The highest BCUT2D eigenvalue weighted by Gasteiger charge is 2.25. The fourth-order valence-corrected chi connectivity index (χ4v) is 4.00. The van der Waals surface area contributed by atoms with Crippen molar-refractivity contribution in [2.24, 2.45) is 0 Å². The SMILES string of the molecule is CCOP(=O)(Cc1cc[c]cc1)c1ccccc1. The van der Waals surface area contributed by atoms with Crippen LogP contribution in [0.4, 0.5) is 0 Å².